The molecule has 0 bridgehead atoms. The molecule has 1 aromatic heterocycles. The van der Waals surface area contributed by atoms with Crippen LogP contribution >= 0.6 is 11.6 Å². The van der Waals surface area contributed by atoms with Gasteiger partial charge in [-0.15, -0.1) is 0 Å². The van der Waals surface area contributed by atoms with Gasteiger partial charge in [-0.2, -0.15) is 0 Å². The molecule has 0 saturated heterocycles. The summed E-state index contributed by atoms with van der Waals surface area (Å²) in [4.78, 5) is 8.32. The highest BCUT2D eigenvalue weighted by atomic mass is 35.5. The lowest BCUT2D eigenvalue weighted by atomic mass is 9.94. The van der Waals surface area contributed by atoms with Gasteiger partial charge in [0, 0.05) is 12.1 Å². The molecule has 0 atom stereocenters. The summed E-state index contributed by atoms with van der Waals surface area (Å²) in [5.41, 5.74) is 0.339. The average Bonchev–Trinajstić information content (AvgIpc) is 2.65. The molecule has 5 heteroatoms. The predicted octanol–water partition coefficient (Wildman–Crippen LogP) is 3.58. The molecule has 1 aromatic rings. The van der Waals surface area contributed by atoms with Gasteiger partial charge in [-0.1, -0.05) is 50.6 Å². The molecule has 1 aliphatic rings. The summed E-state index contributed by atoms with van der Waals surface area (Å²) in [6.45, 7) is 2.64. The summed E-state index contributed by atoms with van der Waals surface area (Å²) in [7, 11) is 0. The lowest BCUT2D eigenvalue weighted by molar-refractivity contribution is 0.0380. The molecule has 1 heterocycles. The van der Waals surface area contributed by atoms with E-state index in [9.17, 15) is 5.11 Å². The van der Waals surface area contributed by atoms with Crippen LogP contribution in [0.4, 0.5) is 5.82 Å². The van der Waals surface area contributed by atoms with Crippen LogP contribution in [-0.4, -0.2) is 27.2 Å². The average molecular weight is 298 g/mol. The number of nitrogens with one attached hydrogen (secondary N) is 1. The van der Waals surface area contributed by atoms with E-state index >= 15 is 0 Å². The fourth-order valence-electron chi connectivity index (χ4n) is 2.83. The van der Waals surface area contributed by atoms with Crippen LogP contribution in [0.2, 0.25) is 5.15 Å². The van der Waals surface area contributed by atoms with Gasteiger partial charge in [0.25, 0.3) is 0 Å². The van der Waals surface area contributed by atoms with Gasteiger partial charge in [0.1, 0.15) is 17.3 Å². The molecule has 1 fully saturated rings. The summed E-state index contributed by atoms with van der Waals surface area (Å²) in [6, 6.07) is 0. The summed E-state index contributed by atoms with van der Waals surface area (Å²) in [5, 5.41) is 14.5. The minimum atomic E-state index is -0.614. The molecule has 0 aromatic carbocycles. The van der Waals surface area contributed by atoms with Gasteiger partial charge in [-0.05, 0) is 19.3 Å². The summed E-state index contributed by atoms with van der Waals surface area (Å²) >= 11 is 6.14. The maximum Gasteiger partial charge on any atom is 0.137 e. The Bertz CT molecular complexity index is 431. The molecule has 0 radical (unpaired) electrons. The largest absolute Gasteiger partial charge is 0.388 e. The zero-order valence-electron chi connectivity index (χ0n) is 12.2. The van der Waals surface area contributed by atoms with Crippen LogP contribution in [0.1, 0.15) is 57.4 Å². The second-order valence-corrected chi connectivity index (χ2v) is 6.09. The molecule has 2 N–H and O–H groups in total. The zero-order valence-corrected chi connectivity index (χ0v) is 12.9. The topological polar surface area (TPSA) is 58.0 Å². The molecule has 0 amide bonds. The third-order valence-electron chi connectivity index (χ3n) is 4.01. The van der Waals surface area contributed by atoms with Crippen LogP contribution in [-0.2, 0) is 6.42 Å². The molecule has 1 saturated carbocycles. The highest BCUT2D eigenvalue weighted by molar-refractivity contribution is 6.30. The van der Waals surface area contributed by atoms with Gasteiger partial charge in [0.05, 0.1) is 5.60 Å². The molecule has 4 nitrogen and oxygen atoms in total. The van der Waals surface area contributed by atoms with Crippen molar-refractivity contribution in [3.05, 3.63) is 17.0 Å². The fraction of sp³-hybridized carbons (Fsp3) is 0.733. The Kier molecular flexibility index (Phi) is 5.61. The molecule has 2 rings (SSSR count). The van der Waals surface area contributed by atoms with E-state index in [-0.39, 0.29) is 0 Å². The van der Waals surface area contributed by atoms with Crippen molar-refractivity contribution < 1.29 is 5.11 Å². The number of nitrogens with zero attached hydrogens (tertiary/aromatic N) is 2. The Morgan fingerprint density at radius 3 is 2.60 bits per heavy atom. The Hall–Kier alpha value is -0.870. The van der Waals surface area contributed by atoms with Gasteiger partial charge in [0.15, 0.2) is 0 Å². The molecule has 20 heavy (non-hydrogen) atoms. The summed E-state index contributed by atoms with van der Waals surface area (Å²) < 4.78 is 0. The predicted molar refractivity (Wildman–Crippen MR) is 82.2 cm³/mol. The maximum absolute atomic E-state index is 10.7. The Morgan fingerprint density at radius 1 is 1.25 bits per heavy atom. The van der Waals surface area contributed by atoms with Crippen LogP contribution in [0.25, 0.3) is 0 Å². The van der Waals surface area contributed by atoms with E-state index in [2.05, 4.69) is 22.2 Å². The van der Waals surface area contributed by atoms with E-state index in [0.717, 1.165) is 49.9 Å². The minimum Gasteiger partial charge on any atom is -0.388 e. The molecule has 0 unspecified atom stereocenters. The number of hydrogen-bond acceptors (Lipinski definition) is 4. The number of hydrogen-bond donors (Lipinski definition) is 2. The van der Waals surface area contributed by atoms with E-state index in [1.165, 1.54) is 19.2 Å². The summed E-state index contributed by atoms with van der Waals surface area (Å²) in [6.07, 6.45) is 9.69. The van der Waals surface area contributed by atoms with Gasteiger partial charge in [-0.25, -0.2) is 9.97 Å². The van der Waals surface area contributed by atoms with Crippen molar-refractivity contribution in [2.75, 3.05) is 11.9 Å². The number of aliphatic hydroxyl groups is 1. The molecule has 112 valence electrons. The highest BCUT2D eigenvalue weighted by Crippen LogP contribution is 2.28. The van der Waals surface area contributed by atoms with Crippen molar-refractivity contribution >= 4 is 17.4 Å². The molecular formula is C15H24ClN3O. The van der Waals surface area contributed by atoms with E-state index < -0.39 is 5.60 Å². The number of rotatable bonds is 5. The molecular weight excluding hydrogens is 274 g/mol. The quantitative estimate of drug-likeness (QED) is 0.644. The zero-order chi connectivity index (χ0) is 14.4. The van der Waals surface area contributed by atoms with Gasteiger partial charge in [-0.3, -0.25) is 0 Å². The van der Waals surface area contributed by atoms with Crippen LogP contribution in [0, 0.1) is 0 Å². The van der Waals surface area contributed by atoms with Crippen molar-refractivity contribution in [1.82, 2.24) is 9.97 Å². The van der Waals surface area contributed by atoms with Crippen molar-refractivity contribution in [2.45, 2.75) is 63.9 Å². The van der Waals surface area contributed by atoms with Crippen LogP contribution in [0.3, 0.4) is 0 Å². The van der Waals surface area contributed by atoms with Crippen LogP contribution < -0.4 is 5.32 Å². The van der Waals surface area contributed by atoms with E-state index in [1.54, 1.807) is 0 Å². The molecule has 0 spiro atoms. The van der Waals surface area contributed by atoms with E-state index in [0.29, 0.717) is 11.7 Å². The van der Waals surface area contributed by atoms with Crippen molar-refractivity contribution in [3.8, 4) is 0 Å². The lowest BCUT2D eigenvalue weighted by Gasteiger charge is -2.27. The smallest absolute Gasteiger partial charge is 0.137 e. The van der Waals surface area contributed by atoms with Gasteiger partial charge >= 0.3 is 0 Å². The van der Waals surface area contributed by atoms with Crippen molar-refractivity contribution in [1.29, 1.82) is 0 Å². The first-order chi connectivity index (χ1) is 9.64. The minimum absolute atomic E-state index is 0.511. The third kappa shape index (κ3) is 4.06. The van der Waals surface area contributed by atoms with Gasteiger partial charge < -0.3 is 10.4 Å². The first-order valence-electron chi connectivity index (χ1n) is 7.60. The molecule has 0 aliphatic heterocycles. The van der Waals surface area contributed by atoms with E-state index in [1.807, 2.05) is 0 Å². The lowest BCUT2D eigenvalue weighted by Crippen LogP contribution is -2.36. The van der Waals surface area contributed by atoms with Crippen LogP contribution in [0.15, 0.2) is 6.33 Å². The second kappa shape index (κ2) is 7.23. The summed E-state index contributed by atoms with van der Waals surface area (Å²) in [5.74, 6) is 0.768. The van der Waals surface area contributed by atoms with Crippen LogP contribution in [0.5, 0.6) is 0 Å². The highest BCUT2D eigenvalue weighted by Gasteiger charge is 2.28. The Balaban J connectivity index is 2.04. The standard InChI is InChI=1S/C15H24ClN3O/c1-2-7-12-13(16)18-11-19-14(12)17-10-15(20)8-5-3-4-6-9-15/h11,20H,2-10H2,1H3,(H,17,18,19). The number of halogens is 1. The first kappa shape index (κ1) is 15.5. The Morgan fingerprint density at radius 2 is 1.95 bits per heavy atom. The van der Waals surface area contributed by atoms with Gasteiger partial charge in [0.2, 0.25) is 0 Å². The maximum atomic E-state index is 10.7. The van der Waals surface area contributed by atoms with Crippen molar-refractivity contribution in [3.63, 3.8) is 0 Å². The third-order valence-corrected chi connectivity index (χ3v) is 4.34. The first-order valence-corrected chi connectivity index (χ1v) is 7.98. The van der Waals surface area contributed by atoms with E-state index in [4.69, 9.17) is 11.6 Å². The Labute approximate surface area is 126 Å². The fourth-order valence-corrected chi connectivity index (χ4v) is 3.05. The van der Waals surface area contributed by atoms with Crippen molar-refractivity contribution in [2.24, 2.45) is 0 Å². The second-order valence-electron chi connectivity index (χ2n) is 5.73. The normalized spacial score (nSPS) is 18.6. The monoisotopic (exact) mass is 297 g/mol. The number of aromatic nitrogens is 2. The SMILES string of the molecule is CCCc1c(Cl)ncnc1NCC1(O)CCCCCC1. The number of anilines is 1. The molecule has 1 aliphatic carbocycles.